The third-order valence-electron chi connectivity index (χ3n) is 5.33. The summed E-state index contributed by atoms with van der Waals surface area (Å²) in [5.41, 5.74) is 4.71. The fourth-order valence-electron chi connectivity index (χ4n) is 4.04. The Morgan fingerprint density at radius 3 is 1.48 bits per heavy atom. The van der Waals surface area contributed by atoms with Crippen molar-refractivity contribution in [3.05, 3.63) is 103 Å². The molecule has 0 atom stereocenters. The maximum absolute atomic E-state index is 9.32. The largest absolute Gasteiger partial charge is 0.569 e. The van der Waals surface area contributed by atoms with Gasteiger partial charge in [0.05, 0.1) is 0 Å². The van der Waals surface area contributed by atoms with Crippen LogP contribution in [0.1, 0.15) is 0 Å². The van der Waals surface area contributed by atoms with Gasteiger partial charge in [-0.15, -0.1) is 0 Å². The molecule has 2 nitrogen and oxygen atoms in total. The van der Waals surface area contributed by atoms with Crippen LogP contribution in [0.25, 0.3) is 43.8 Å². The van der Waals surface area contributed by atoms with Gasteiger partial charge in [-0.2, -0.15) is 0 Å². The first-order valence-electron chi connectivity index (χ1n) is 9.58. The molecule has 0 amide bonds. The highest BCUT2D eigenvalue weighted by Gasteiger charge is 2.16. The normalized spacial score (nSPS) is 10.9. The monoisotopic (exact) mass is 373 g/mol. The number of fused-ring (bicyclic) bond motifs is 2. The first-order valence-corrected chi connectivity index (χ1v) is 9.58. The predicted octanol–water partition coefficient (Wildman–Crippen LogP) is 6.23. The Balaban J connectivity index is 1.77. The Morgan fingerprint density at radius 2 is 0.931 bits per heavy atom. The summed E-state index contributed by atoms with van der Waals surface area (Å²) in [6, 6.07) is 35.4. The highest BCUT2D eigenvalue weighted by Crippen LogP contribution is 2.43. The van der Waals surface area contributed by atoms with Gasteiger partial charge in [0.25, 0.3) is 0 Å². The summed E-state index contributed by atoms with van der Waals surface area (Å²) >= 11 is 0. The second-order valence-electron chi connectivity index (χ2n) is 6.96. The number of hydrogen-bond acceptors (Lipinski definition) is 2. The molecule has 0 aliphatic carbocycles. The molecule has 5 aromatic rings. The van der Waals surface area contributed by atoms with E-state index in [1.54, 1.807) is 0 Å². The van der Waals surface area contributed by atoms with Gasteiger partial charge in [0, 0.05) is 10.8 Å². The summed E-state index contributed by atoms with van der Waals surface area (Å²) < 4.78 is 5.53. The van der Waals surface area contributed by atoms with Crippen LogP contribution >= 0.6 is 0 Å². The van der Waals surface area contributed by atoms with E-state index in [0.29, 0.717) is 5.75 Å². The van der Waals surface area contributed by atoms with Crippen LogP contribution in [-0.4, -0.2) is 12.7 Å². The summed E-state index contributed by atoms with van der Waals surface area (Å²) in [7, 11) is 0.753. The minimum atomic E-state index is 0.670. The molecule has 0 aromatic heterocycles. The van der Waals surface area contributed by atoms with Gasteiger partial charge in [-0.25, -0.2) is 0 Å². The zero-order chi connectivity index (χ0) is 19.6. The lowest BCUT2D eigenvalue weighted by Gasteiger charge is -2.17. The van der Waals surface area contributed by atoms with Gasteiger partial charge in [0.15, 0.2) is 0 Å². The smallest absolute Gasteiger partial charge is 0.537 e. The topological polar surface area (TPSA) is 29.5 Å². The van der Waals surface area contributed by atoms with E-state index in [1.165, 1.54) is 16.7 Å². The number of hydrogen-bond donors (Lipinski definition) is 1. The molecule has 3 heteroatoms. The second-order valence-corrected chi connectivity index (χ2v) is 6.96. The summed E-state index contributed by atoms with van der Waals surface area (Å²) in [4.78, 5) is 0. The molecule has 1 radical (unpaired) electrons. The molecule has 5 rings (SSSR count). The van der Waals surface area contributed by atoms with Crippen molar-refractivity contribution in [3.63, 3.8) is 0 Å². The molecule has 0 bridgehead atoms. The summed E-state index contributed by atoms with van der Waals surface area (Å²) in [6.45, 7) is 0. The Morgan fingerprint density at radius 1 is 0.483 bits per heavy atom. The predicted molar refractivity (Wildman–Crippen MR) is 121 cm³/mol. The van der Waals surface area contributed by atoms with Crippen molar-refractivity contribution in [2.24, 2.45) is 0 Å². The second kappa shape index (κ2) is 7.46. The van der Waals surface area contributed by atoms with E-state index < -0.39 is 0 Å². The zero-order valence-electron chi connectivity index (χ0n) is 15.7. The molecule has 0 aliphatic rings. The van der Waals surface area contributed by atoms with E-state index in [2.05, 4.69) is 60.7 Å². The number of rotatable bonds is 4. The third-order valence-corrected chi connectivity index (χ3v) is 5.33. The molecule has 0 heterocycles. The molecule has 1 N–H and O–H groups in total. The lowest BCUT2D eigenvalue weighted by Crippen LogP contribution is -2.01. The van der Waals surface area contributed by atoms with Gasteiger partial charge in [-0.05, 0) is 33.0 Å². The standard InChI is InChI=1S/C26H18BO2/c28-27-29-26-23-12-6-4-10-21(23)25(22-11-5-7-13-24(22)26)20-16-14-19(15-17-20)18-8-2-1-3-9-18/h1-17,28H. The molecule has 0 saturated heterocycles. The lowest BCUT2D eigenvalue weighted by molar-refractivity contribution is 0.459. The zero-order valence-corrected chi connectivity index (χ0v) is 15.7. The Hall–Kier alpha value is -3.56. The van der Waals surface area contributed by atoms with E-state index >= 15 is 0 Å². The summed E-state index contributed by atoms with van der Waals surface area (Å²) in [5.74, 6) is 0.670. The van der Waals surface area contributed by atoms with Crippen molar-refractivity contribution < 1.29 is 9.68 Å². The quantitative estimate of drug-likeness (QED) is 0.299. The van der Waals surface area contributed by atoms with Crippen molar-refractivity contribution in [1.29, 1.82) is 0 Å². The fourth-order valence-corrected chi connectivity index (χ4v) is 4.04. The van der Waals surface area contributed by atoms with Crippen LogP contribution in [-0.2, 0) is 0 Å². The van der Waals surface area contributed by atoms with E-state index in [9.17, 15) is 5.02 Å². The van der Waals surface area contributed by atoms with Crippen LogP contribution in [0, 0.1) is 0 Å². The van der Waals surface area contributed by atoms with Crippen molar-refractivity contribution in [3.8, 4) is 28.0 Å². The van der Waals surface area contributed by atoms with Gasteiger partial charge >= 0.3 is 7.69 Å². The molecule has 0 saturated carbocycles. The number of benzene rings is 5. The van der Waals surface area contributed by atoms with Crippen LogP contribution in [0.3, 0.4) is 0 Å². The molecule has 0 spiro atoms. The molecule has 29 heavy (non-hydrogen) atoms. The van der Waals surface area contributed by atoms with Crippen LogP contribution in [0.15, 0.2) is 103 Å². The van der Waals surface area contributed by atoms with Crippen LogP contribution in [0.5, 0.6) is 5.75 Å². The van der Waals surface area contributed by atoms with Crippen molar-refractivity contribution in [2.75, 3.05) is 0 Å². The molecular weight excluding hydrogens is 355 g/mol. The van der Waals surface area contributed by atoms with E-state index in [4.69, 9.17) is 4.65 Å². The van der Waals surface area contributed by atoms with Crippen LogP contribution in [0.2, 0.25) is 0 Å². The maximum Gasteiger partial charge on any atom is 0.569 e. The van der Waals surface area contributed by atoms with Gasteiger partial charge in [0.1, 0.15) is 5.75 Å². The average Bonchev–Trinajstić information content (AvgIpc) is 2.80. The Labute approximate surface area is 170 Å². The maximum atomic E-state index is 9.32. The minimum Gasteiger partial charge on any atom is -0.537 e. The van der Waals surface area contributed by atoms with Gasteiger partial charge in [-0.3, -0.25) is 0 Å². The van der Waals surface area contributed by atoms with E-state index in [-0.39, 0.29) is 0 Å². The molecule has 5 aromatic carbocycles. The van der Waals surface area contributed by atoms with Crippen molar-refractivity contribution in [1.82, 2.24) is 0 Å². The van der Waals surface area contributed by atoms with E-state index in [1.807, 2.05) is 42.5 Å². The highest BCUT2D eigenvalue weighted by atomic mass is 16.5. The minimum absolute atomic E-state index is 0.670. The van der Waals surface area contributed by atoms with Gasteiger partial charge < -0.3 is 9.68 Å². The summed E-state index contributed by atoms with van der Waals surface area (Å²) in [6.07, 6.45) is 0. The highest BCUT2D eigenvalue weighted by molar-refractivity contribution is 6.22. The summed E-state index contributed by atoms with van der Waals surface area (Å²) in [5, 5.41) is 13.4. The molecule has 137 valence electrons. The first kappa shape index (κ1) is 17.5. The molecular formula is C26H18BO2. The van der Waals surface area contributed by atoms with Crippen molar-refractivity contribution >= 4 is 29.2 Å². The van der Waals surface area contributed by atoms with Gasteiger partial charge in [0.2, 0.25) is 0 Å². The molecule has 0 aliphatic heterocycles. The van der Waals surface area contributed by atoms with Crippen LogP contribution in [0.4, 0.5) is 0 Å². The van der Waals surface area contributed by atoms with Crippen molar-refractivity contribution in [2.45, 2.75) is 0 Å². The lowest BCUT2D eigenvalue weighted by atomic mass is 9.90. The molecule has 0 unspecified atom stereocenters. The SMILES string of the molecule is O[B]Oc1c2ccccc2c(-c2ccc(-c3ccccc3)cc2)c2ccccc12. The third kappa shape index (κ3) is 3.06. The fraction of sp³-hybridized carbons (Fsp3) is 0. The Bertz CT molecular complexity index is 1240. The average molecular weight is 373 g/mol. The van der Waals surface area contributed by atoms with Crippen LogP contribution < -0.4 is 4.65 Å². The van der Waals surface area contributed by atoms with E-state index in [0.717, 1.165) is 34.8 Å². The Kier molecular flexibility index (Phi) is 4.51. The van der Waals surface area contributed by atoms with Gasteiger partial charge in [-0.1, -0.05) is 103 Å². The molecule has 0 fully saturated rings. The first-order chi connectivity index (χ1) is 14.4.